The molecule has 0 saturated carbocycles. The second-order valence-electron chi connectivity index (χ2n) is 7.68. The van der Waals surface area contributed by atoms with Gasteiger partial charge in [0.05, 0.1) is 0 Å². The molecule has 0 aliphatic carbocycles. The van der Waals surface area contributed by atoms with E-state index in [2.05, 4.69) is 24.5 Å². The number of esters is 2. The Balaban J connectivity index is -0.00000312. The molecule has 0 bridgehead atoms. The molecule has 0 aromatic carbocycles. The number of carbonyl (C=O) groups excluding carboxylic acids is 2. The van der Waals surface area contributed by atoms with E-state index in [1.165, 1.54) is 0 Å². The molecule has 0 fully saturated rings. The fraction of sp³-hybridized carbons (Fsp3) is 0.900. The molecule has 28 heavy (non-hydrogen) atoms. The summed E-state index contributed by atoms with van der Waals surface area (Å²) in [6, 6.07) is 0.328. The summed E-state index contributed by atoms with van der Waals surface area (Å²) in [5.74, 6) is 0.376. The highest BCUT2D eigenvalue weighted by atomic mass is 35.5. The minimum Gasteiger partial charge on any atom is -0.464 e. The van der Waals surface area contributed by atoms with Crippen molar-refractivity contribution in [2.45, 2.75) is 79.3 Å². The van der Waals surface area contributed by atoms with Crippen LogP contribution in [0.5, 0.6) is 0 Å². The van der Waals surface area contributed by atoms with Crippen molar-refractivity contribution in [2.24, 2.45) is 11.8 Å². The van der Waals surface area contributed by atoms with Crippen LogP contribution < -0.4 is 10.6 Å². The van der Waals surface area contributed by atoms with Crippen LogP contribution in [0.25, 0.3) is 0 Å². The minimum atomic E-state index is -0.132. The van der Waals surface area contributed by atoms with Gasteiger partial charge in [-0.15, -0.1) is 24.8 Å². The first-order valence-corrected chi connectivity index (χ1v) is 10.1. The first-order valence-electron chi connectivity index (χ1n) is 10.1. The standard InChI is InChI=1S/C20H40N2O4.2ClH/c1-7-17(13-25-19(23)11-15(3)4)21-9-10-22-18(8-2)14-26-20(24)12-16(5)6;;/h15-18,21-22H,7-14H2,1-6H3;2*1H/t17-,18-;;/m0../s1. The highest BCUT2D eigenvalue weighted by molar-refractivity contribution is 5.85. The van der Waals surface area contributed by atoms with Crippen molar-refractivity contribution in [2.75, 3.05) is 26.3 Å². The summed E-state index contributed by atoms with van der Waals surface area (Å²) in [5, 5.41) is 6.80. The molecule has 2 N–H and O–H groups in total. The van der Waals surface area contributed by atoms with Gasteiger partial charge in [-0.2, -0.15) is 0 Å². The Morgan fingerprint density at radius 1 is 0.714 bits per heavy atom. The van der Waals surface area contributed by atoms with Gasteiger partial charge in [-0.3, -0.25) is 9.59 Å². The molecule has 8 heteroatoms. The molecule has 0 aliphatic heterocycles. The van der Waals surface area contributed by atoms with Crippen LogP contribution in [0.15, 0.2) is 0 Å². The summed E-state index contributed by atoms with van der Waals surface area (Å²) in [7, 11) is 0. The molecule has 0 spiro atoms. The summed E-state index contributed by atoms with van der Waals surface area (Å²) in [5.41, 5.74) is 0. The van der Waals surface area contributed by atoms with E-state index in [0.29, 0.717) is 37.9 Å². The van der Waals surface area contributed by atoms with Crippen LogP contribution in [-0.4, -0.2) is 50.3 Å². The largest absolute Gasteiger partial charge is 0.464 e. The van der Waals surface area contributed by atoms with Gasteiger partial charge in [-0.1, -0.05) is 41.5 Å². The third-order valence-electron chi connectivity index (χ3n) is 4.02. The van der Waals surface area contributed by atoms with Crippen molar-refractivity contribution in [3.05, 3.63) is 0 Å². The maximum Gasteiger partial charge on any atom is 0.306 e. The molecule has 0 aromatic rings. The number of hydrogen-bond acceptors (Lipinski definition) is 6. The molecule has 0 aromatic heterocycles. The molecular weight excluding hydrogens is 403 g/mol. The maximum absolute atomic E-state index is 11.6. The number of rotatable bonds is 15. The second kappa shape index (κ2) is 19.7. The fourth-order valence-corrected chi connectivity index (χ4v) is 2.37. The molecule has 0 rings (SSSR count). The number of nitrogens with one attached hydrogen (secondary N) is 2. The van der Waals surface area contributed by atoms with Gasteiger partial charge in [0.1, 0.15) is 13.2 Å². The van der Waals surface area contributed by atoms with E-state index >= 15 is 0 Å². The van der Waals surface area contributed by atoms with Crippen molar-refractivity contribution in [1.82, 2.24) is 10.6 Å². The molecule has 6 nitrogen and oxygen atoms in total. The van der Waals surface area contributed by atoms with Crippen LogP contribution in [-0.2, 0) is 19.1 Å². The predicted octanol–water partition coefficient (Wildman–Crippen LogP) is 3.75. The Morgan fingerprint density at radius 2 is 1.04 bits per heavy atom. The van der Waals surface area contributed by atoms with Gasteiger partial charge >= 0.3 is 11.9 Å². The zero-order valence-corrected chi connectivity index (χ0v) is 20.0. The quantitative estimate of drug-likeness (QED) is 0.295. The van der Waals surface area contributed by atoms with Crippen LogP contribution in [0, 0.1) is 11.8 Å². The van der Waals surface area contributed by atoms with E-state index in [4.69, 9.17) is 9.47 Å². The minimum absolute atomic E-state index is 0. The van der Waals surface area contributed by atoms with E-state index in [9.17, 15) is 9.59 Å². The van der Waals surface area contributed by atoms with E-state index in [1.54, 1.807) is 0 Å². The van der Waals surface area contributed by atoms with Crippen LogP contribution in [0.4, 0.5) is 0 Å². The number of halogens is 2. The highest BCUT2D eigenvalue weighted by Crippen LogP contribution is 2.03. The lowest BCUT2D eigenvalue weighted by molar-refractivity contribution is -0.146. The van der Waals surface area contributed by atoms with E-state index in [0.717, 1.165) is 25.9 Å². The first kappa shape index (κ1) is 32.1. The Hall–Kier alpha value is -0.560. The molecule has 0 saturated heterocycles. The van der Waals surface area contributed by atoms with Gasteiger partial charge in [-0.05, 0) is 24.7 Å². The number of hydrogen-bond donors (Lipinski definition) is 2. The van der Waals surface area contributed by atoms with Gasteiger partial charge in [0.2, 0.25) is 0 Å². The zero-order chi connectivity index (χ0) is 19.9. The third-order valence-corrected chi connectivity index (χ3v) is 4.02. The van der Waals surface area contributed by atoms with Crippen LogP contribution in [0.2, 0.25) is 0 Å². The Kier molecular flexibility index (Phi) is 22.6. The van der Waals surface area contributed by atoms with Gasteiger partial charge in [-0.25, -0.2) is 0 Å². The first-order chi connectivity index (χ1) is 12.3. The lowest BCUT2D eigenvalue weighted by Gasteiger charge is -2.20. The summed E-state index contributed by atoms with van der Waals surface area (Å²) >= 11 is 0. The smallest absolute Gasteiger partial charge is 0.306 e. The van der Waals surface area contributed by atoms with Crippen LogP contribution in [0.1, 0.15) is 67.2 Å². The highest BCUT2D eigenvalue weighted by Gasteiger charge is 2.13. The molecule has 0 radical (unpaired) electrons. The van der Waals surface area contributed by atoms with Gasteiger partial charge in [0, 0.05) is 38.0 Å². The zero-order valence-electron chi connectivity index (χ0n) is 18.4. The number of ether oxygens (including phenoxy) is 2. The molecule has 2 atom stereocenters. The molecular formula is C20H42Cl2N2O4. The summed E-state index contributed by atoms with van der Waals surface area (Å²) in [4.78, 5) is 23.2. The lowest BCUT2D eigenvalue weighted by atomic mass is 10.1. The number of carbonyl (C=O) groups is 2. The summed E-state index contributed by atoms with van der Waals surface area (Å²) in [6.45, 7) is 14.5. The van der Waals surface area contributed by atoms with E-state index in [1.807, 2.05) is 27.7 Å². The summed E-state index contributed by atoms with van der Waals surface area (Å²) < 4.78 is 10.6. The van der Waals surface area contributed by atoms with Crippen molar-refractivity contribution < 1.29 is 19.1 Å². The monoisotopic (exact) mass is 444 g/mol. The third kappa shape index (κ3) is 18.8. The van der Waals surface area contributed by atoms with Crippen molar-refractivity contribution >= 4 is 36.8 Å². The Labute approximate surface area is 184 Å². The molecule has 0 amide bonds. The fourth-order valence-electron chi connectivity index (χ4n) is 2.37. The normalized spacial score (nSPS) is 12.7. The summed E-state index contributed by atoms with van der Waals surface area (Å²) in [6.07, 6.45) is 2.73. The van der Waals surface area contributed by atoms with Crippen molar-refractivity contribution in [3.63, 3.8) is 0 Å². The van der Waals surface area contributed by atoms with Gasteiger partial charge in [0.15, 0.2) is 0 Å². The molecule has 0 aliphatic rings. The molecule has 0 unspecified atom stereocenters. The molecule has 0 heterocycles. The SMILES string of the molecule is CC[C@@H](COC(=O)CC(C)C)NCCN[C@@H](CC)COC(=O)CC(C)C.Cl.Cl. The van der Waals surface area contributed by atoms with E-state index < -0.39 is 0 Å². The van der Waals surface area contributed by atoms with Crippen molar-refractivity contribution in [1.29, 1.82) is 0 Å². The van der Waals surface area contributed by atoms with Crippen LogP contribution >= 0.6 is 24.8 Å². The Morgan fingerprint density at radius 3 is 1.29 bits per heavy atom. The lowest BCUT2D eigenvalue weighted by Crippen LogP contribution is -2.42. The van der Waals surface area contributed by atoms with Crippen molar-refractivity contribution in [3.8, 4) is 0 Å². The second-order valence-corrected chi connectivity index (χ2v) is 7.68. The maximum atomic E-state index is 11.6. The van der Waals surface area contributed by atoms with E-state index in [-0.39, 0.29) is 48.8 Å². The van der Waals surface area contributed by atoms with Gasteiger partial charge < -0.3 is 20.1 Å². The average Bonchev–Trinajstić information content (AvgIpc) is 2.55. The predicted molar refractivity (Wildman–Crippen MR) is 119 cm³/mol. The Bertz CT molecular complexity index is 360. The molecule has 170 valence electrons. The van der Waals surface area contributed by atoms with Crippen LogP contribution in [0.3, 0.4) is 0 Å². The van der Waals surface area contributed by atoms with Gasteiger partial charge in [0.25, 0.3) is 0 Å². The average molecular weight is 445 g/mol. The topological polar surface area (TPSA) is 76.7 Å².